The van der Waals surface area contributed by atoms with Crippen LogP contribution in [0.1, 0.15) is 11.1 Å². The van der Waals surface area contributed by atoms with E-state index in [-0.39, 0.29) is 0 Å². The maximum absolute atomic E-state index is 4.30. The van der Waals surface area contributed by atoms with E-state index in [0.29, 0.717) is 0 Å². The Hall–Kier alpha value is -5.34. The third kappa shape index (κ3) is 3.80. The van der Waals surface area contributed by atoms with Crippen LogP contribution in [0.15, 0.2) is 141 Å². The molecule has 0 spiro atoms. The molecule has 7 rings (SSSR count). The second-order valence-electron chi connectivity index (χ2n) is 10.3. The molecule has 196 valence electrons. The monoisotopic (exact) mass is 526 g/mol. The predicted octanol–water partition coefficient (Wildman–Crippen LogP) is 10.7. The van der Waals surface area contributed by atoms with Gasteiger partial charge in [0.1, 0.15) is 0 Å². The lowest BCUT2D eigenvalue weighted by Gasteiger charge is -2.24. The minimum atomic E-state index is 1.09. The van der Waals surface area contributed by atoms with Gasteiger partial charge in [-0.2, -0.15) is 0 Å². The lowest BCUT2D eigenvalue weighted by molar-refractivity contribution is 1.17. The van der Waals surface area contributed by atoms with Gasteiger partial charge in [-0.15, -0.1) is 0 Å². The van der Waals surface area contributed by atoms with Gasteiger partial charge in [0.25, 0.3) is 0 Å². The van der Waals surface area contributed by atoms with Crippen LogP contribution in [0.2, 0.25) is 0 Å². The van der Waals surface area contributed by atoms with E-state index in [2.05, 4.69) is 157 Å². The molecule has 7 aromatic rings. The molecule has 0 radical (unpaired) electrons. The van der Waals surface area contributed by atoms with Crippen molar-refractivity contribution >= 4 is 56.1 Å². The van der Waals surface area contributed by atoms with Crippen molar-refractivity contribution in [2.45, 2.75) is 0 Å². The van der Waals surface area contributed by atoms with Gasteiger partial charge >= 0.3 is 0 Å². The van der Waals surface area contributed by atoms with E-state index in [1.54, 1.807) is 0 Å². The summed E-state index contributed by atoms with van der Waals surface area (Å²) in [5.74, 6) is 0. The number of nitrogens with zero attached hydrogens (tertiary/aromatic N) is 2. The normalized spacial score (nSPS) is 11.2. The molecule has 2 heteroatoms. The summed E-state index contributed by atoms with van der Waals surface area (Å²) in [6.45, 7) is 8.52. The van der Waals surface area contributed by atoms with E-state index in [1.807, 2.05) is 12.2 Å². The highest BCUT2D eigenvalue weighted by Gasteiger charge is 2.25. The van der Waals surface area contributed by atoms with Crippen LogP contribution in [-0.4, -0.2) is 11.6 Å². The molecule has 0 unspecified atom stereocenters. The molecule has 0 amide bonds. The maximum atomic E-state index is 4.30. The summed E-state index contributed by atoms with van der Waals surface area (Å²) >= 11 is 0. The molecule has 0 fully saturated rings. The Balaban J connectivity index is 1.77. The molecule has 0 N–H and O–H groups in total. The first kappa shape index (κ1) is 24.7. The highest BCUT2D eigenvalue weighted by atomic mass is 15.1. The van der Waals surface area contributed by atoms with Gasteiger partial charge in [-0.1, -0.05) is 122 Å². The van der Waals surface area contributed by atoms with Crippen molar-refractivity contribution in [2.75, 3.05) is 11.9 Å². The van der Waals surface area contributed by atoms with Gasteiger partial charge in [-0.05, 0) is 52.2 Å². The summed E-state index contributed by atoms with van der Waals surface area (Å²) < 4.78 is 2.44. The second-order valence-corrected chi connectivity index (χ2v) is 10.3. The minimum Gasteiger partial charge on any atom is -0.344 e. The average molecular weight is 527 g/mol. The van der Waals surface area contributed by atoms with E-state index in [9.17, 15) is 0 Å². The van der Waals surface area contributed by atoms with Crippen molar-refractivity contribution in [2.24, 2.45) is 0 Å². The van der Waals surface area contributed by atoms with E-state index in [0.717, 1.165) is 33.7 Å². The Morgan fingerprint density at radius 3 is 1.80 bits per heavy atom. The molecule has 41 heavy (non-hydrogen) atoms. The standard InChI is InChI=1S/C39H30N2/c1-4-30-31(5-2)38-37(33-24-16-15-23-32(30)33)34-25-26-35(40(3)28-19-11-7-12-20-28)36(27-17-9-6-10-18-27)39(34)41(38)29-21-13-8-14-22-29/h4-26H,1-2H2,3H3. The van der Waals surface area contributed by atoms with Crippen LogP contribution in [0.4, 0.5) is 11.4 Å². The van der Waals surface area contributed by atoms with Crippen LogP contribution in [0.3, 0.4) is 0 Å². The van der Waals surface area contributed by atoms with Crippen LogP contribution < -0.4 is 4.90 Å². The Bertz CT molecular complexity index is 2070. The van der Waals surface area contributed by atoms with Gasteiger partial charge in [0.2, 0.25) is 0 Å². The largest absolute Gasteiger partial charge is 0.344 e. The van der Waals surface area contributed by atoms with Crippen molar-refractivity contribution in [3.63, 3.8) is 0 Å². The highest BCUT2D eigenvalue weighted by molar-refractivity contribution is 6.27. The fourth-order valence-electron chi connectivity index (χ4n) is 6.32. The third-order valence-corrected chi connectivity index (χ3v) is 8.13. The molecule has 1 aromatic heterocycles. The minimum absolute atomic E-state index is 1.09. The lowest BCUT2D eigenvalue weighted by atomic mass is 9.93. The smallest absolute Gasteiger partial charge is 0.0640 e. The number of hydrogen-bond donors (Lipinski definition) is 0. The van der Waals surface area contributed by atoms with Gasteiger partial charge in [0.05, 0.1) is 16.7 Å². The summed E-state index contributed by atoms with van der Waals surface area (Å²) in [6, 6.07) is 45.2. The molecule has 0 saturated heterocycles. The number of para-hydroxylation sites is 2. The molecule has 0 atom stereocenters. The topological polar surface area (TPSA) is 8.17 Å². The van der Waals surface area contributed by atoms with Crippen LogP contribution in [-0.2, 0) is 0 Å². The second kappa shape index (κ2) is 10.0. The van der Waals surface area contributed by atoms with E-state index < -0.39 is 0 Å². The number of benzene rings is 6. The highest BCUT2D eigenvalue weighted by Crippen LogP contribution is 2.48. The number of aromatic nitrogens is 1. The fourth-order valence-corrected chi connectivity index (χ4v) is 6.32. The van der Waals surface area contributed by atoms with E-state index >= 15 is 0 Å². The summed E-state index contributed by atoms with van der Waals surface area (Å²) in [7, 11) is 2.15. The average Bonchev–Trinajstić information content (AvgIpc) is 3.39. The first-order valence-electron chi connectivity index (χ1n) is 13.9. The third-order valence-electron chi connectivity index (χ3n) is 8.13. The van der Waals surface area contributed by atoms with Crippen molar-refractivity contribution in [3.8, 4) is 16.8 Å². The van der Waals surface area contributed by atoms with E-state index in [4.69, 9.17) is 0 Å². The number of fused-ring (bicyclic) bond motifs is 5. The van der Waals surface area contributed by atoms with Crippen molar-refractivity contribution in [1.29, 1.82) is 0 Å². The van der Waals surface area contributed by atoms with Crippen LogP contribution in [0.25, 0.3) is 61.5 Å². The molecular formula is C39H30N2. The summed E-state index contributed by atoms with van der Waals surface area (Å²) in [5.41, 5.74) is 10.3. The summed E-state index contributed by atoms with van der Waals surface area (Å²) in [4.78, 5) is 2.29. The zero-order valence-electron chi connectivity index (χ0n) is 23.1. The maximum Gasteiger partial charge on any atom is 0.0640 e. The van der Waals surface area contributed by atoms with E-state index in [1.165, 1.54) is 38.2 Å². The fraction of sp³-hybridized carbons (Fsp3) is 0.0256. The zero-order chi connectivity index (χ0) is 27.9. The van der Waals surface area contributed by atoms with Gasteiger partial charge in [0, 0.05) is 40.3 Å². The summed E-state index contributed by atoms with van der Waals surface area (Å²) in [5, 5.41) is 4.84. The molecule has 0 aliphatic heterocycles. The van der Waals surface area contributed by atoms with Gasteiger partial charge in [0.15, 0.2) is 0 Å². The lowest BCUT2D eigenvalue weighted by Crippen LogP contribution is -2.11. The number of anilines is 2. The summed E-state index contributed by atoms with van der Waals surface area (Å²) in [6.07, 6.45) is 3.96. The number of rotatable bonds is 6. The van der Waals surface area contributed by atoms with Crippen LogP contribution in [0, 0.1) is 0 Å². The molecule has 2 nitrogen and oxygen atoms in total. The van der Waals surface area contributed by atoms with Gasteiger partial charge in [-0.25, -0.2) is 0 Å². The number of hydrogen-bond acceptors (Lipinski definition) is 1. The Morgan fingerprint density at radius 1 is 0.561 bits per heavy atom. The molecule has 0 aliphatic rings. The Kier molecular flexibility index (Phi) is 6.02. The quantitative estimate of drug-likeness (QED) is 0.209. The van der Waals surface area contributed by atoms with Gasteiger partial charge in [-0.3, -0.25) is 0 Å². The molecule has 0 saturated carbocycles. The van der Waals surface area contributed by atoms with Crippen LogP contribution >= 0.6 is 0 Å². The van der Waals surface area contributed by atoms with Crippen molar-refractivity contribution in [3.05, 3.63) is 152 Å². The molecule has 0 aliphatic carbocycles. The zero-order valence-corrected chi connectivity index (χ0v) is 23.1. The van der Waals surface area contributed by atoms with Gasteiger partial charge < -0.3 is 9.47 Å². The van der Waals surface area contributed by atoms with Crippen LogP contribution in [0.5, 0.6) is 0 Å². The first-order chi connectivity index (χ1) is 20.2. The molecule has 6 aromatic carbocycles. The van der Waals surface area contributed by atoms with Crippen molar-refractivity contribution < 1.29 is 0 Å². The van der Waals surface area contributed by atoms with Crippen molar-refractivity contribution in [1.82, 2.24) is 4.57 Å². The molecule has 0 bridgehead atoms. The SMILES string of the molecule is C=Cc1c(C=C)c2c(c3ccccc13)c1ccc(N(C)c3ccccc3)c(-c3ccccc3)c1n2-c1ccccc1. The Labute approximate surface area is 240 Å². The Morgan fingerprint density at radius 2 is 1.15 bits per heavy atom. The first-order valence-corrected chi connectivity index (χ1v) is 13.9. The predicted molar refractivity (Wildman–Crippen MR) is 178 cm³/mol. The molecule has 1 heterocycles. The molecular weight excluding hydrogens is 496 g/mol.